The molecule has 8 nitrogen and oxygen atoms in total. The Balaban J connectivity index is 1.61. The number of esters is 1. The molecule has 0 unspecified atom stereocenters. The van der Waals surface area contributed by atoms with Crippen LogP contribution in [0.15, 0.2) is 41.5 Å². The topological polar surface area (TPSA) is 97.3 Å². The number of hydrogen-bond acceptors (Lipinski definition) is 5. The van der Waals surface area contributed by atoms with Gasteiger partial charge in [0.1, 0.15) is 17.8 Å². The first-order valence-corrected chi connectivity index (χ1v) is 8.58. The van der Waals surface area contributed by atoms with E-state index in [4.69, 9.17) is 4.74 Å². The molecule has 0 saturated carbocycles. The predicted molar refractivity (Wildman–Crippen MR) is 96.4 cm³/mol. The minimum absolute atomic E-state index is 0.0206. The molecule has 138 valence electrons. The monoisotopic (exact) mass is 366 g/mol. The smallest absolute Gasteiger partial charge is 0.341 e. The second kappa shape index (κ2) is 6.71. The molecule has 0 aromatic heterocycles. The Bertz CT molecular complexity index is 1050. The highest BCUT2D eigenvalue weighted by atomic mass is 16.5. The number of benzene rings is 1. The van der Waals surface area contributed by atoms with Crippen LogP contribution in [0.25, 0.3) is 11.3 Å². The third-order valence-electron chi connectivity index (χ3n) is 4.82. The van der Waals surface area contributed by atoms with Crippen LogP contribution in [0.5, 0.6) is 0 Å². The van der Waals surface area contributed by atoms with Crippen LogP contribution in [0.2, 0.25) is 0 Å². The number of nitrogens with one attached hydrogen (secondary N) is 1. The molecule has 8 heteroatoms. The number of aromatic amines is 1. The first kappa shape index (κ1) is 17.0. The molecule has 3 heterocycles. The molecule has 0 radical (unpaired) electrons. The van der Waals surface area contributed by atoms with Gasteiger partial charge in [0.2, 0.25) is 5.91 Å². The number of H-pyrrole nitrogens is 1. The van der Waals surface area contributed by atoms with Crippen LogP contribution in [0, 0.1) is 0 Å². The van der Waals surface area contributed by atoms with Crippen LogP contribution < -0.4 is 5.56 Å². The second-order valence-corrected chi connectivity index (χ2v) is 6.48. The summed E-state index contributed by atoms with van der Waals surface area (Å²) in [4.78, 5) is 38.5. The van der Waals surface area contributed by atoms with Crippen molar-refractivity contribution in [2.24, 2.45) is 0 Å². The predicted octanol–water partition coefficient (Wildman–Crippen LogP) is 1.05. The van der Waals surface area contributed by atoms with E-state index in [-0.39, 0.29) is 29.3 Å². The number of methoxy groups -OCH3 is 1. The molecule has 1 amide bonds. The van der Waals surface area contributed by atoms with Gasteiger partial charge in [0.05, 0.1) is 12.7 Å². The Kier molecular flexibility index (Phi) is 4.23. The highest BCUT2D eigenvalue weighted by Gasteiger charge is 2.24. The zero-order valence-electron chi connectivity index (χ0n) is 14.8. The SMILES string of the molecule is COC(=O)c1cn(CC(=O)N2CCc3ccccc3C2)cc2c(=O)[nH]nc1-2. The van der Waals surface area contributed by atoms with Crippen molar-refractivity contribution in [3.63, 3.8) is 0 Å². The fraction of sp³-hybridized carbons (Fsp3) is 0.263. The van der Waals surface area contributed by atoms with Crippen LogP contribution >= 0.6 is 0 Å². The van der Waals surface area contributed by atoms with E-state index >= 15 is 0 Å². The summed E-state index contributed by atoms with van der Waals surface area (Å²) in [5, 5.41) is 6.20. The number of nitrogens with zero attached hydrogens (tertiary/aromatic N) is 3. The lowest BCUT2D eigenvalue weighted by molar-refractivity contribution is -0.132. The van der Waals surface area contributed by atoms with E-state index in [2.05, 4.69) is 16.3 Å². The Morgan fingerprint density at radius 3 is 2.78 bits per heavy atom. The molecule has 3 aliphatic rings. The van der Waals surface area contributed by atoms with Crippen LogP contribution in [-0.4, -0.2) is 45.2 Å². The van der Waals surface area contributed by atoms with Crippen molar-refractivity contribution in [1.29, 1.82) is 0 Å². The van der Waals surface area contributed by atoms with Gasteiger partial charge >= 0.3 is 5.97 Å². The van der Waals surface area contributed by atoms with Crippen molar-refractivity contribution >= 4 is 11.9 Å². The van der Waals surface area contributed by atoms with E-state index in [0.717, 1.165) is 12.0 Å². The number of pyridine rings is 1. The third kappa shape index (κ3) is 3.10. The van der Waals surface area contributed by atoms with Crippen molar-refractivity contribution in [3.05, 3.63) is 63.7 Å². The van der Waals surface area contributed by atoms with Crippen molar-refractivity contribution in [2.45, 2.75) is 19.5 Å². The Hall–Kier alpha value is -3.42. The number of aromatic nitrogens is 3. The minimum atomic E-state index is -0.611. The van der Waals surface area contributed by atoms with E-state index in [0.29, 0.717) is 13.1 Å². The Morgan fingerprint density at radius 2 is 2.00 bits per heavy atom. The molecule has 1 N–H and O–H groups in total. The standard InChI is InChI=1S/C19H18N4O4/c1-27-19(26)15-10-22(9-14-17(15)20-21-18(14)25)11-16(24)23-7-6-12-4-2-3-5-13(12)8-23/h2-5,9-10H,6-8,11H2,1H3,(H,21,25). The number of rotatable bonds is 3. The number of hydrogen-bond donors (Lipinski definition) is 1. The van der Waals surface area contributed by atoms with Crippen LogP contribution in [0.1, 0.15) is 21.5 Å². The zero-order chi connectivity index (χ0) is 19.0. The van der Waals surface area contributed by atoms with Crippen LogP contribution in [0.4, 0.5) is 0 Å². The number of carbonyl (C=O) groups is 2. The highest BCUT2D eigenvalue weighted by molar-refractivity contribution is 5.96. The molecule has 27 heavy (non-hydrogen) atoms. The normalized spacial score (nSPS) is 13.4. The maximum atomic E-state index is 12.8. The zero-order valence-corrected chi connectivity index (χ0v) is 14.8. The van der Waals surface area contributed by atoms with Crippen molar-refractivity contribution in [1.82, 2.24) is 19.7 Å². The lowest BCUT2D eigenvalue weighted by Crippen LogP contribution is -2.38. The highest BCUT2D eigenvalue weighted by Crippen LogP contribution is 2.22. The maximum absolute atomic E-state index is 12.8. The molecular weight excluding hydrogens is 348 g/mol. The van der Waals surface area contributed by atoms with Crippen molar-refractivity contribution < 1.29 is 14.3 Å². The van der Waals surface area contributed by atoms with E-state index in [1.165, 1.54) is 29.6 Å². The Morgan fingerprint density at radius 1 is 1.22 bits per heavy atom. The molecular formula is C19H18N4O4. The molecule has 0 atom stereocenters. The van der Waals surface area contributed by atoms with Gasteiger partial charge < -0.3 is 14.2 Å². The van der Waals surface area contributed by atoms with Gasteiger partial charge in [0.25, 0.3) is 5.56 Å². The van der Waals surface area contributed by atoms with Gasteiger partial charge in [-0.3, -0.25) is 9.59 Å². The summed E-state index contributed by atoms with van der Waals surface area (Å²) in [5.41, 5.74) is 2.62. The molecule has 1 aromatic rings. The summed E-state index contributed by atoms with van der Waals surface area (Å²) in [6, 6.07) is 8.07. The van der Waals surface area contributed by atoms with E-state index < -0.39 is 11.5 Å². The van der Waals surface area contributed by atoms with Gasteiger partial charge in [0.15, 0.2) is 0 Å². The number of amides is 1. The van der Waals surface area contributed by atoms with Crippen LogP contribution in [0.3, 0.4) is 0 Å². The van der Waals surface area contributed by atoms with Crippen LogP contribution in [-0.2, 0) is 29.0 Å². The van der Waals surface area contributed by atoms with E-state index in [1.807, 2.05) is 18.2 Å². The number of fused-ring (bicyclic) bond motifs is 2. The van der Waals surface area contributed by atoms with Gasteiger partial charge in [-0.2, -0.15) is 5.10 Å². The molecule has 3 aliphatic heterocycles. The van der Waals surface area contributed by atoms with E-state index in [9.17, 15) is 14.4 Å². The minimum Gasteiger partial charge on any atom is -0.465 e. The fourth-order valence-corrected chi connectivity index (χ4v) is 3.41. The molecule has 0 bridgehead atoms. The van der Waals surface area contributed by atoms with Crippen molar-refractivity contribution in [2.75, 3.05) is 13.7 Å². The molecule has 0 saturated heterocycles. The average Bonchev–Trinajstić information content (AvgIpc) is 3.07. The number of ether oxygens (including phenoxy) is 1. The summed E-state index contributed by atoms with van der Waals surface area (Å²) >= 11 is 0. The quantitative estimate of drug-likeness (QED) is 0.699. The summed E-state index contributed by atoms with van der Waals surface area (Å²) < 4.78 is 6.30. The molecule has 1 aromatic carbocycles. The maximum Gasteiger partial charge on any atom is 0.341 e. The number of carbonyl (C=O) groups excluding carboxylic acids is 2. The molecule has 0 spiro atoms. The summed E-state index contributed by atoms with van der Waals surface area (Å²) in [6.45, 7) is 1.22. The third-order valence-corrected chi connectivity index (χ3v) is 4.82. The van der Waals surface area contributed by atoms with E-state index in [1.54, 1.807) is 4.90 Å². The summed E-state index contributed by atoms with van der Waals surface area (Å²) in [6.07, 6.45) is 3.83. The summed E-state index contributed by atoms with van der Waals surface area (Å²) in [7, 11) is 1.26. The van der Waals surface area contributed by atoms with Gasteiger partial charge in [0, 0.05) is 25.5 Å². The first-order chi connectivity index (χ1) is 13.1. The van der Waals surface area contributed by atoms with Crippen molar-refractivity contribution in [3.8, 4) is 11.3 Å². The van der Waals surface area contributed by atoms with Gasteiger partial charge in [-0.15, -0.1) is 0 Å². The largest absolute Gasteiger partial charge is 0.465 e. The summed E-state index contributed by atoms with van der Waals surface area (Å²) in [5.74, 6) is -0.694. The van der Waals surface area contributed by atoms with Gasteiger partial charge in [-0.25, -0.2) is 9.89 Å². The average molecular weight is 366 g/mol. The molecule has 0 aliphatic carbocycles. The first-order valence-electron chi connectivity index (χ1n) is 8.58. The second-order valence-electron chi connectivity index (χ2n) is 6.48. The van der Waals surface area contributed by atoms with Gasteiger partial charge in [-0.1, -0.05) is 24.3 Å². The Labute approximate surface area is 154 Å². The molecule has 0 fully saturated rings. The lowest BCUT2D eigenvalue weighted by Gasteiger charge is -2.29. The lowest BCUT2D eigenvalue weighted by atomic mass is 10.00. The fourth-order valence-electron chi connectivity index (χ4n) is 3.41. The molecule has 4 rings (SSSR count). The van der Waals surface area contributed by atoms with Gasteiger partial charge in [-0.05, 0) is 17.5 Å².